The number of rotatable bonds is 0. The van der Waals surface area contributed by atoms with Crippen molar-refractivity contribution in [3.05, 3.63) is 32.0 Å². The summed E-state index contributed by atoms with van der Waals surface area (Å²) in [6.07, 6.45) is 0. The van der Waals surface area contributed by atoms with Crippen LogP contribution in [0.5, 0.6) is 0 Å². The summed E-state index contributed by atoms with van der Waals surface area (Å²) in [5.41, 5.74) is 2.36. The van der Waals surface area contributed by atoms with Gasteiger partial charge in [0, 0.05) is 0 Å². The third-order valence-corrected chi connectivity index (χ3v) is 2.56. The predicted octanol–water partition coefficient (Wildman–Crippen LogP) is -0.0554. The van der Waals surface area contributed by atoms with Gasteiger partial charge in [0.05, 0.1) is 0 Å². The molecule has 0 atom stereocenters. The van der Waals surface area contributed by atoms with Crippen LogP contribution >= 0.6 is 0 Å². The van der Waals surface area contributed by atoms with Gasteiger partial charge in [-0.1, -0.05) is 26.3 Å². The second kappa shape index (κ2) is 2.63. The van der Waals surface area contributed by atoms with E-state index in [9.17, 15) is 0 Å². The van der Waals surface area contributed by atoms with Crippen molar-refractivity contribution in [3.8, 4) is 0 Å². The van der Waals surface area contributed by atoms with Crippen LogP contribution in [0.3, 0.4) is 0 Å². The highest BCUT2D eigenvalue weighted by Crippen LogP contribution is 1.86. The van der Waals surface area contributed by atoms with Crippen molar-refractivity contribution in [1.29, 1.82) is 0 Å². The van der Waals surface area contributed by atoms with Crippen molar-refractivity contribution in [3.63, 3.8) is 0 Å². The van der Waals surface area contributed by atoms with Gasteiger partial charge in [0.15, 0.2) is 0 Å². The second-order valence-electron chi connectivity index (χ2n) is 3.16. The van der Waals surface area contributed by atoms with Crippen molar-refractivity contribution in [1.82, 2.24) is 0 Å². The molecule has 0 saturated carbocycles. The van der Waals surface area contributed by atoms with E-state index in [0.29, 0.717) is 0 Å². The highest BCUT2D eigenvalue weighted by Gasteiger charge is 1.96. The number of hydrogen-bond acceptors (Lipinski definition) is 0. The van der Waals surface area contributed by atoms with Crippen LogP contribution < -0.4 is 20.9 Å². The zero-order chi connectivity index (χ0) is 9.46. The molecule has 0 bridgehead atoms. The molecule has 0 heterocycles. The Morgan fingerprint density at radius 1 is 0.583 bits per heavy atom. The third kappa shape index (κ3) is 1.00. The first kappa shape index (κ1) is 8.79. The Morgan fingerprint density at radius 2 is 0.833 bits per heavy atom. The van der Waals surface area contributed by atoms with Gasteiger partial charge in [-0.25, -0.2) is 0 Å². The highest BCUT2D eigenvalue weighted by molar-refractivity contribution is 5.35. The molecule has 0 fully saturated rings. The van der Waals surface area contributed by atoms with Gasteiger partial charge in [-0.2, -0.15) is 0 Å². The Balaban J connectivity index is 4.15. The van der Waals surface area contributed by atoms with Gasteiger partial charge in [-0.05, 0) is 45.8 Å². The molecule has 0 radical (unpaired) electrons. The number of benzene rings is 1. The van der Waals surface area contributed by atoms with Crippen molar-refractivity contribution < 1.29 is 0 Å². The SMILES string of the molecule is C=c1c(C)c(C)c(=C)c(=C)c1=C. The quantitative estimate of drug-likeness (QED) is 0.496. The molecule has 0 N–H and O–H groups in total. The largest absolute Gasteiger partial charge is 0.0909 e. The summed E-state index contributed by atoms with van der Waals surface area (Å²) in [7, 11) is 0. The van der Waals surface area contributed by atoms with E-state index in [1.165, 1.54) is 11.1 Å². The molecule has 0 aliphatic carbocycles. The summed E-state index contributed by atoms with van der Waals surface area (Å²) >= 11 is 0. The summed E-state index contributed by atoms with van der Waals surface area (Å²) in [6, 6.07) is 0. The summed E-state index contributed by atoms with van der Waals surface area (Å²) in [5, 5.41) is 3.82. The first-order chi connectivity index (χ1) is 5.46. The summed E-state index contributed by atoms with van der Waals surface area (Å²) in [6.45, 7) is 19.8. The first-order valence-electron chi connectivity index (χ1n) is 3.91. The Labute approximate surface area is 72.9 Å². The highest BCUT2D eigenvalue weighted by atomic mass is 14.0. The molecular formula is C12H14. The second-order valence-corrected chi connectivity index (χ2v) is 3.16. The zero-order valence-corrected chi connectivity index (χ0v) is 7.83. The van der Waals surface area contributed by atoms with E-state index in [4.69, 9.17) is 0 Å². The van der Waals surface area contributed by atoms with Crippen LogP contribution in [0.2, 0.25) is 0 Å². The van der Waals surface area contributed by atoms with E-state index in [0.717, 1.165) is 20.9 Å². The molecule has 0 aliphatic rings. The van der Waals surface area contributed by atoms with Gasteiger partial charge in [0.2, 0.25) is 0 Å². The van der Waals surface area contributed by atoms with Crippen LogP contribution in [0.1, 0.15) is 11.1 Å². The lowest BCUT2D eigenvalue weighted by Gasteiger charge is -2.02. The monoisotopic (exact) mass is 158 g/mol. The standard InChI is InChI=1S/C12H14/c1-7-8(2)10(4)12(6)11(5)9(7)3/h1-4H2,5-6H3. The van der Waals surface area contributed by atoms with E-state index >= 15 is 0 Å². The van der Waals surface area contributed by atoms with Gasteiger partial charge in [-0.15, -0.1) is 0 Å². The maximum absolute atomic E-state index is 3.95. The summed E-state index contributed by atoms with van der Waals surface area (Å²) < 4.78 is 0. The molecule has 1 aromatic rings. The third-order valence-electron chi connectivity index (χ3n) is 2.56. The molecule has 0 aliphatic heterocycles. The minimum Gasteiger partial charge on any atom is -0.0909 e. The van der Waals surface area contributed by atoms with Crippen molar-refractivity contribution in [2.45, 2.75) is 13.8 Å². The molecule has 0 spiro atoms. The fraction of sp³-hybridized carbons (Fsp3) is 0.167. The average Bonchev–Trinajstić information content (AvgIpc) is 2.08. The first-order valence-corrected chi connectivity index (χ1v) is 3.91. The van der Waals surface area contributed by atoms with Crippen LogP contribution in [0.25, 0.3) is 26.3 Å². The van der Waals surface area contributed by atoms with Gasteiger partial charge in [0.1, 0.15) is 0 Å². The van der Waals surface area contributed by atoms with E-state index < -0.39 is 0 Å². The molecule has 62 valence electrons. The Morgan fingerprint density at radius 3 is 1.08 bits per heavy atom. The molecule has 1 aromatic carbocycles. The van der Waals surface area contributed by atoms with E-state index in [1.54, 1.807) is 0 Å². The Bertz CT molecular complexity index is 458. The minimum atomic E-state index is 0.920. The van der Waals surface area contributed by atoms with Gasteiger partial charge >= 0.3 is 0 Å². The normalized spacial score (nSPS) is 10.2. The van der Waals surface area contributed by atoms with Crippen LogP contribution in [-0.4, -0.2) is 0 Å². The maximum atomic E-state index is 3.95. The molecule has 0 aromatic heterocycles. The Kier molecular flexibility index (Phi) is 1.93. The fourth-order valence-electron chi connectivity index (χ4n) is 1.27. The lowest BCUT2D eigenvalue weighted by atomic mass is 10.0. The molecule has 12 heavy (non-hydrogen) atoms. The van der Waals surface area contributed by atoms with E-state index in [1.807, 2.05) is 13.8 Å². The lowest BCUT2D eigenvalue weighted by Crippen LogP contribution is -2.48. The molecule has 0 unspecified atom stereocenters. The van der Waals surface area contributed by atoms with Gasteiger partial charge < -0.3 is 0 Å². The van der Waals surface area contributed by atoms with Crippen molar-refractivity contribution >= 4 is 26.3 Å². The van der Waals surface area contributed by atoms with Crippen molar-refractivity contribution in [2.75, 3.05) is 0 Å². The molecular weight excluding hydrogens is 144 g/mol. The maximum Gasteiger partial charge on any atom is -0.0187 e. The van der Waals surface area contributed by atoms with Gasteiger partial charge in [-0.3, -0.25) is 0 Å². The molecule has 0 nitrogen and oxygen atoms in total. The zero-order valence-electron chi connectivity index (χ0n) is 7.83. The van der Waals surface area contributed by atoms with Gasteiger partial charge in [0.25, 0.3) is 0 Å². The average molecular weight is 158 g/mol. The topological polar surface area (TPSA) is 0 Å². The lowest BCUT2D eigenvalue weighted by molar-refractivity contribution is 1.23. The van der Waals surface area contributed by atoms with Crippen LogP contribution in [-0.2, 0) is 0 Å². The van der Waals surface area contributed by atoms with Crippen LogP contribution in [0.4, 0.5) is 0 Å². The molecule has 0 heteroatoms. The van der Waals surface area contributed by atoms with E-state index in [2.05, 4.69) is 26.3 Å². The molecule has 1 rings (SSSR count). The predicted molar refractivity (Wildman–Crippen MR) is 56.5 cm³/mol. The van der Waals surface area contributed by atoms with Crippen LogP contribution in [0, 0.1) is 13.8 Å². The van der Waals surface area contributed by atoms with Crippen LogP contribution in [0.15, 0.2) is 0 Å². The molecule has 0 saturated heterocycles. The summed E-state index contributed by atoms with van der Waals surface area (Å²) in [5.74, 6) is 0. The Hall–Kier alpha value is -1.30. The van der Waals surface area contributed by atoms with Crippen molar-refractivity contribution in [2.24, 2.45) is 0 Å². The van der Waals surface area contributed by atoms with E-state index in [-0.39, 0.29) is 0 Å². The molecule has 0 amide bonds. The minimum absolute atomic E-state index is 0.920. The fourth-order valence-corrected chi connectivity index (χ4v) is 1.27. The number of hydrogen-bond donors (Lipinski definition) is 0. The summed E-state index contributed by atoms with van der Waals surface area (Å²) in [4.78, 5) is 0. The smallest absolute Gasteiger partial charge is 0.0187 e.